The van der Waals surface area contributed by atoms with Gasteiger partial charge in [0.15, 0.2) is 11.5 Å². The molecular formula is C17H20N2O5S2. The lowest BCUT2D eigenvalue weighted by molar-refractivity contribution is -0.116. The van der Waals surface area contributed by atoms with Gasteiger partial charge in [-0.1, -0.05) is 6.58 Å². The monoisotopic (exact) mass is 396 g/mol. The maximum absolute atomic E-state index is 13.0. The van der Waals surface area contributed by atoms with Crippen LogP contribution in [0.25, 0.3) is 0 Å². The highest BCUT2D eigenvalue weighted by Gasteiger charge is 2.45. The van der Waals surface area contributed by atoms with Gasteiger partial charge in [0.2, 0.25) is 15.9 Å². The molecule has 3 heterocycles. The Morgan fingerprint density at radius 1 is 1.27 bits per heavy atom. The summed E-state index contributed by atoms with van der Waals surface area (Å²) in [5.41, 5.74) is 0. The first-order valence-corrected chi connectivity index (χ1v) is 10.8. The molecule has 2 saturated heterocycles. The number of fused-ring (bicyclic) bond motifs is 2. The molecule has 4 rings (SSSR count). The van der Waals surface area contributed by atoms with Crippen LogP contribution < -0.4 is 14.8 Å². The second kappa shape index (κ2) is 6.79. The Morgan fingerprint density at radius 3 is 2.77 bits per heavy atom. The molecule has 0 bridgehead atoms. The molecule has 0 spiro atoms. The Hall–Kier alpha value is -1.71. The topological polar surface area (TPSA) is 84.9 Å². The molecule has 3 unspecified atom stereocenters. The predicted octanol–water partition coefficient (Wildman–Crippen LogP) is 1.21. The number of benzene rings is 1. The molecule has 0 aromatic heterocycles. The summed E-state index contributed by atoms with van der Waals surface area (Å²) in [5.74, 6) is 1.09. The summed E-state index contributed by atoms with van der Waals surface area (Å²) in [5, 5.41) is 3.10. The van der Waals surface area contributed by atoms with E-state index in [1.807, 2.05) is 0 Å². The van der Waals surface area contributed by atoms with Crippen molar-refractivity contribution in [3.05, 3.63) is 30.9 Å². The van der Waals surface area contributed by atoms with Crippen LogP contribution in [0.1, 0.15) is 6.42 Å². The minimum absolute atomic E-state index is 0.0228. The summed E-state index contributed by atoms with van der Waals surface area (Å²) in [4.78, 5) is 11.7. The normalized spacial score (nSPS) is 27.8. The zero-order valence-electron chi connectivity index (χ0n) is 14.1. The predicted molar refractivity (Wildman–Crippen MR) is 97.8 cm³/mol. The zero-order valence-corrected chi connectivity index (χ0v) is 15.7. The largest absolute Gasteiger partial charge is 0.486 e. The number of rotatable bonds is 4. The molecule has 3 atom stereocenters. The number of nitrogens with one attached hydrogen (secondary N) is 1. The third-order valence-corrected chi connectivity index (χ3v) is 8.19. The highest BCUT2D eigenvalue weighted by Crippen LogP contribution is 2.43. The van der Waals surface area contributed by atoms with Crippen LogP contribution in [0.5, 0.6) is 11.5 Å². The van der Waals surface area contributed by atoms with Crippen molar-refractivity contribution >= 4 is 27.7 Å². The van der Waals surface area contributed by atoms with Crippen molar-refractivity contribution < 1.29 is 22.7 Å². The van der Waals surface area contributed by atoms with Gasteiger partial charge in [-0.15, -0.1) is 11.8 Å². The number of thioether (sulfide) groups is 1. The van der Waals surface area contributed by atoms with Gasteiger partial charge < -0.3 is 14.8 Å². The standard InChI is InChI=1S/C17H20N2O5S2/c1-2-16(20)18-17-7-11-9-19(10-15(11)25-17)26(21,22)12-3-4-13-14(8-12)24-6-5-23-13/h2-4,8,11,15,17H,1,5-7,9-10H2,(H,18,20). The molecule has 7 nitrogen and oxygen atoms in total. The van der Waals surface area contributed by atoms with Crippen LogP contribution in [0, 0.1) is 5.92 Å². The van der Waals surface area contributed by atoms with Crippen LogP contribution in [0.4, 0.5) is 0 Å². The third-order valence-electron chi connectivity index (χ3n) is 4.84. The highest BCUT2D eigenvalue weighted by molar-refractivity contribution is 8.00. The fourth-order valence-corrected chi connectivity index (χ4v) is 6.85. The number of sulfonamides is 1. The zero-order chi connectivity index (χ0) is 18.3. The molecular weight excluding hydrogens is 376 g/mol. The van der Waals surface area contributed by atoms with E-state index in [9.17, 15) is 13.2 Å². The summed E-state index contributed by atoms with van der Waals surface area (Å²) in [6.45, 7) is 5.26. The van der Waals surface area contributed by atoms with Crippen LogP contribution in [0.3, 0.4) is 0 Å². The van der Waals surface area contributed by atoms with Crippen molar-refractivity contribution in [3.8, 4) is 11.5 Å². The van der Waals surface area contributed by atoms with E-state index in [0.717, 1.165) is 6.42 Å². The highest BCUT2D eigenvalue weighted by atomic mass is 32.2. The van der Waals surface area contributed by atoms with Gasteiger partial charge in [-0.25, -0.2) is 8.42 Å². The first kappa shape index (κ1) is 17.7. The van der Waals surface area contributed by atoms with Crippen molar-refractivity contribution in [3.63, 3.8) is 0 Å². The van der Waals surface area contributed by atoms with Gasteiger partial charge in [0.05, 0.1) is 10.3 Å². The lowest BCUT2D eigenvalue weighted by atomic mass is 10.1. The smallest absolute Gasteiger partial charge is 0.244 e. The van der Waals surface area contributed by atoms with Gasteiger partial charge >= 0.3 is 0 Å². The minimum Gasteiger partial charge on any atom is -0.486 e. The number of carbonyl (C=O) groups excluding carboxylic acids is 1. The maximum atomic E-state index is 13.0. The molecule has 1 aromatic rings. The Morgan fingerprint density at radius 2 is 2.04 bits per heavy atom. The minimum atomic E-state index is -3.58. The van der Waals surface area contributed by atoms with E-state index in [2.05, 4.69) is 11.9 Å². The third kappa shape index (κ3) is 3.19. The number of ether oxygens (including phenoxy) is 2. The fourth-order valence-electron chi connectivity index (χ4n) is 3.57. The Kier molecular flexibility index (Phi) is 4.62. The average Bonchev–Trinajstić information content (AvgIpc) is 3.20. The number of nitrogens with zero attached hydrogens (tertiary/aromatic N) is 1. The van der Waals surface area contributed by atoms with E-state index in [4.69, 9.17) is 9.47 Å². The van der Waals surface area contributed by atoms with E-state index in [0.29, 0.717) is 37.8 Å². The van der Waals surface area contributed by atoms with E-state index >= 15 is 0 Å². The van der Waals surface area contributed by atoms with Gasteiger partial charge in [-0.2, -0.15) is 4.31 Å². The molecule has 140 valence electrons. The first-order chi connectivity index (χ1) is 12.5. The van der Waals surface area contributed by atoms with Crippen molar-refractivity contribution in [2.75, 3.05) is 26.3 Å². The SMILES string of the molecule is C=CC(=O)NC1CC2CN(S(=O)(=O)c3ccc4c(c3)OCCO4)CC2S1. The van der Waals surface area contributed by atoms with Crippen molar-refractivity contribution in [2.24, 2.45) is 5.92 Å². The molecule has 3 aliphatic rings. The maximum Gasteiger partial charge on any atom is 0.244 e. The summed E-state index contributed by atoms with van der Waals surface area (Å²) < 4.78 is 38.5. The molecule has 0 saturated carbocycles. The molecule has 1 amide bonds. The number of carbonyl (C=O) groups is 1. The molecule has 3 aliphatic heterocycles. The van der Waals surface area contributed by atoms with Crippen LogP contribution in [0.2, 0.25) is 0 Å². The average molecular weight is 396 g/mol. The van der Waals surface area contributed by atoms with Gasteiger partial charge in [-0.05, 0) is 30.5 Å². The van der Waals surface area contributed by atoms with Gasteiger partial charge in [0.25, 0.3) is 0 Å². The second-order valence-corrected chi connectivity index (χ2v) is 9.88. The van der Waals surface area contributed by atoms with Crippen molar-refractivity contribution in [1.29, 1.82) is 0 Å². The Balaban J connectivity index is 1.46. The van der Waals surface area contributed by atoms with E-state index < -0.39 is 10.0 Å². The van der Waals surface area contributed by atoms with Gasteiger partial charge in [0.1, 0.15) is 13.2 Å². The summed E-state index contributed by atoms with van der Waals surface area (Å²) >= 11 is 1.63. The quantitative estimate of drug-likeness (QED) is 0.770. The fraction of sp³-hybridized carbons (Fsp3) is 0.471. The Labute approximate surface area is 156 Å². The number of hydrogen-bond acceptors (Lipinski definition) is 6. The van der Waals surface area contributed by atoms with Crippen molar-refractivity contribution in [2.45, 2.75) is 21.9 Å². The molecule has 0 radical (unpaired) electrons. The molecule has 1 aromatic carbocycles. The second-order valence-electron chi connectivity index (χ2n) is 6.50. The molecule has 2 fully saturated rings. The summed E-state index contributed by atoms with van der Waals surface area (Å²) in [7, 11) is -3.58. The van der Waals surface area contributed by atoms with Crippen LogP contribution in [-0.2, 0) is 14.8 Å². The van der Waals surface area contributed by atoms with Crippen LogP contribution in [-0.4, -0.2) is 55.6 Å². The van der Waals surface area contributed by atoms with Crippen LogP contribution in [0.15, 0.2) is 35.7 Å². The molecule has 1 N–H and O–H groups in total. The molecule has 26 heavy (non-hydrogen) atoms. The van der Waals surface area contributed by atoms with E-state index in [1.165, 1.54) is 16.4 Å². The van der Waals surface area contributed by atoms with Gasteiger partial charge in [-0.3, -0.25) is 4.79 Å². The lowest BCUT2D eigenvalue weighted by Crippen LogP contribution is -2.33. The number of amides is 1. The van der Waals surface area contributed by atoms with E-state index in [-0.39, 0.29) is 27.3 Å². The molecule has 0 aliphatic carbocycles. The molecule has 9 heteroatoms. The summed E-state index contributed by atoms with van der Waals surface area (Å²) in [6.07, 6.45) is 2.02. The first-order valence-electron chi connectivity index (χ1n) is 8.45. The van der Waals surface area contributed by atoms with Gasteiger partial charge in [0, 0.05) is 24.4 Å². The lowest BCUT2D eigenvalue weighted by Gasteiger charge is -2.22. The van der Waals surface area contributed by atoms with Crippen molar-refractivity contribution in [1.82, 2.24) is 9.62 Å². The summed E-state index contributed by atoms with van der Waals surface area (Å²) in [6, 6.07) is 4.75. The van der Waals surface area contributed by atoms with Crippen LogP contribution >= 0.6 is 11.8 Å². The number of hydrogen-bond donors (Lipinski definition) is 1. The van der Waals surface area contributed by atoms with E-state index in [1.54, 1.807) is 23.9 Å². The Bertz CT molecular complexity index is 828.